The average molecular weight is 351 g/mol. The minimum Gasteiger partial charge on any atom is -0.460 e. The monoisotopic (exact) mass is 351 g/mol. The van der Waals surface area contributed by atoms with Crippen molar-refractivity contribution in [3.8, 4) is 6.01 Å². The van der Waals surface area contributed by atoms with Gasteiger partial charge >= 0.3 is 6.01 Å². The van der Waals surface area contributed by atoms with Crippen molar-refractivity contribution in [2.75, 3.05) is 0 Å². The topological polar surface area (TPSA) is 81.9 Å². The van der Waals surface area contributed by atoms with Gasteiger partial charge in [-0.1, -0.05) is 12.1 Å². The molecule has 0 radical (unpaired) electrons. The van der Waals surface area contributed by atoms with Crippen molar-refractivity contribution in [1.82, 2.24) is 24.8 Å². The van der Waals surface area contributed by atoms with Gasteiger partial charge < -0.3 is 14.6 Å². The second-order valence-corrected chi connectivity index (χ2v) is 6.55. The first kappa shape index (κ1) is 16.5. The van der Waals surface area contributed by atoms with Crippen LogP contribution in [0.15, 0.2) is 49.1 Å². The highest BCUT2D eigenvalue weighted by atomic mass is 16.5. The Morgan fingerprint density at radius 1 is 1.08 bits per heavy atom. The zero-order valence-electron chi connectivity index (χ0n) is 14.4. The lowest BCUT2D eigenvalue weighted by Crippen LogP contribution is -2.41. The van der Waals surface area contributed by atoms with Crippen LogP contribution in [0.5, 0.6) is 6.01 Å². The summed E-state index contributed by atoms with van der Waals surface area (Å²) in [5.41, 5.74) is 1.88. The standard InChI is InChI=1S/C19H21N5O2/c25-18(12-24-13-22-16-4-1-2-5-17(16)24)23-14-6-8-15(9-7-14)26-19-20-10-3-11-21-19/h1-5,10-11,13-15H,6-9,12H2,(H,23,25). The van der Waals surface area contributed by atoms with Gasteiger partial charge in [0.1, 0.15) is 12.6 Å². The van der Waals surface area contributed by atoms with Gasteiger partial charge in [-0.25, -0.2) is 15.0 Å². The summed E-state index contributed by atoms with van der Waals surface area (Å²) >= 11 is 0. The third-order valence-electron chi connectivity index (χ3n) is 4.69. The van der Waals surface area contributed by atoms with Crippen LogP contribution in [0.1, 0.15) is 25.7 Å². The van der Waals surface area contributed by atoms with Crippen LogP contribution in [0.3, 0.4) is 0 Å². The van der Waals surface area contributed by atoms with Crippen molar-refractivity contribution in [3.63, 3.8) is 0 Å². The number of hydrogen-bond donors (Lipinski definition) is 1. The molecule has 1 aliphatic rings. The molecule has 7 nitrogen and oxygen atoms in total. The first-order valence-electron chi connectivity index (χ1n) is 8.91. The lowest BCUT2D eigenvalue weighted by atomic mass is 9.93. The van der Waals surface area contributed by atoms with E-state index in [9.17, 15) is 4.79 Å². The molecule has 0 bridgehead atoms. The van der Waals surface area contributed by atoms with Gasteiger partial charge in [0.05, 0.1) is 17.4 Å². The molecule has 0 unspecified atom stereocenters. The third-order valence-corrected chi connectivity index (χ3v) is 4.69. The number of nitrogens with one attached hydrogen (secondary N) is 1. The Morgan fingerprint density at radius 3 is 2.65 bits per heavy atom. The number of imidazole rings is 1. The predicted molar refractivity (Wildman–Crippen MR) is 96.6 cm³/mol. The van der Waals surface area contributed by atoms with Crippen molar-refractivity contribution in [2.24, 2.45) is 0 Å². The number of nitrogens with zero attached hydrogens (tertiary/aromatic N) is 4. The number of amides is 1. The first-order chi connectivity index (χ1) is 12.8. The maximum atomic E-state index is 12.4. The third kappa shape index (κ3) is 3.82. The largest absolute Gasteiger partial charge is 0.460 e. The Morgan fingerprint density at radius 2 is 1.85 bits per heavy atom. The van der Waals surface area contributed by atoms with Gasteiger partial charge in [0.25, 0.3) is 0 Å². The van der Waals surface area contributed by atoms with E-state index in [1.165, 1.54) is 0 Å². The van der Waals surface area contributed by atoms with Crippen molar-refractivity contribution in [2.45, 2.75) is 44.4 Å². The van der Waals surface area contributed by atoms with Gasteiger partial charge in [0.15, 0.2) is 0 Å². The number of hydrogen-bond acceptors (Lipinski definition) is 5. The lowest BCUT2D eigenvalue weighted by Gasteiger charge is -2.28. The summed E-state index contributed by atoms with van der Waals surface area (Å²) in [5.74, 6) is 0.0175. The summed E-state index contributed by atoms with van der Waals surface area (Å²) in [7, 11) is 0. The highest BCUT2D eigenvalue weighted by Crippen LogP contribution is 2.22. The van der Waals surface area contributed by atoms with Gasteiger partial charge in [0.2, 0.25) is 5.91 Å². The van der Waals surface area contributed by atoms with Gasteiger partial charge in [-0.3, -0.25) is 4.79 Å². The van der Waals surface area contributed by atoms with Crippen LogP contribution >= 0.6 is 0 Å². The number of benzene rings is 1. The smallest absolute Gasteiger partial charge is 0.316 e. The van der Waals surface area contributed by atoms with Crippen molar-refractivity contribution < 1.29 is 9.53 Å². The van der Waals surface area contributed by atoms with E-state index in [0.29, 0.717) is 6.01 Å². The molecule has 7 heteroatoms. The molecular weight excluding hydrogens is 330 g/mol. The molecule has 2 heterocycles. The van der Waals surface area contributed by atoms with Crippen LogP contribution < -0.4 is 10.1 Å². The van der Waals surface area contributed by atoms with Crippen LogP contribution in [-0.4, -0.2) is 37.6 Å². The first-order valence-corrected chi connectivity index (χ1v) is 8.91. The minimum absolute atomic E-state index is 0.0175. The molecule has 3 aromatic rings. The molecule has 2 aromatic heterocycles. The molecule has 26 heavy (non-hydrogen) atoms. The van der Waals surface area contributed by atoms with Crippen LogP contribution in [0.25, 0.3) is 11.0 Å². The van der Waals surface area contributed by atoms with Gasteiger partial charge in [-0.2, -0.15) is 0 Å². The van der Waals surface area contributed by atoms with Crippen LogP contribution in [0.2, 0.25) is 0 Å². The number of carbonyl (C=O) groups is 1. The number of para-hydroxylation sites is 2. The number of carbonyl (C=O) groups excluding carboxylic acids is 1. The van der Waals surface area contributed by atoms with E-state index in [-0.39, 0.29) is 24.6 Å². The highest BCUT2D eigenvalue weighted by molar-refractivity contribution is 5.80. The zero-order chi connectivity index (χ0) is 17.8. The summed E-state index contributed by atoms with van der Waals surface area (Å²) in [6.07, 6.45) is 8.75. The number of fused-ring (bicyclic) bond motifs is 1. The lowest BCUT2D eigenvalue weighted by molar-refractivity contribution is -0.122. The van der Waals surface area contributed by atoms with Gasteiger partial charge in [0, 0.05) is 18.4 Å². The van der Waals surface area contributed by atoms with E-state index >= 15 is 0 Å². The van der Waals surface area contributed by atoms with E-state index in [1.54, 1.807) is 24.8 Å². The van der Waals surface area contributed by atoms with Crippen molar-refractivity contribution >= 4 is 16.9 Å². The Labute approximate surface area is 151 Å². The summed E-state index contributed by atoms with van der Waals surface area (Å²) in [4.78, 5) is 24.9. The number of rotatable bonds is 5. The van der Waals surface area contributed by atoms with Crippen LogP contribution in [0.4, 0.5) is 0 Å². The second kappa shape index (κ2) is 7.51. The highest BCUT2D eigenvalue weighted by Gasteiger charge is 2.24. The van der Waals surface area contributed by atoms with Crippen LogP contribution in [-0.2, 0) is 11.3 Å². The quantitative estimate of drug-likeness (QED) is 0.763. The summed E-state index contributed by atoms with van der Waals surface area (Å²) in [6.45, 7) is 0.287. The van der Waals surface area contributed by atoms with E-state index in [4.69, 9.17) is 4.74 Å². The Hall–Kier alpha value is -2.96. The molecule has 1 aromatic carbocycles. The van der Waals surface area contributed by atoms with E-state index in [2.05, 4.69) is 20.3 Å². The molecule has 1 saturated carbocycles. The molecule has 1 fully saturated rings. The molecule has 134 valence electrons. The fourth-order valence-corrected chi connectivity index (χ4v) is 3.38. The fraction of sp³-hybridized carbons (Fsp3) is 0.368. The predicted octanol–water partition coefficient (Wildman–Crippen LogP) is 2.33. The molecule has 4 rings (SSSR count). The fourth-order valence-electron chi connectivity index (χ4n) is 3.38. The molecule has 1 amide bonds. The summed E-state index contributed by atoms with van der Waals surface area (Å²) < 4.78 is 7.68. The molecule has 1 aliphatic carbocycles. The van der Waals surface area contributed by atoms with Gasteiger partial charge in [-0.15, -0.1) is 0 Å². The SMILES string of the molecule is O=C(Cn1cnc2ccccc21)NC1CCC(Oc2ncccn2)CC1. The summed E-state index contributed by atoms with van der Waals surface area (Å²) in [5, 5.41) is 3.13. The van der Waals surface area contributed by atoms with Gasteiger partial charge in [-0.05, 0) is 43.9 Å². The number of ether oxygens (including phenoxy) is 1. The maximum absolute atomic E-state index is 12.4. The molecule has 0 spiro atoms. The molecule has 0 saturated heterocycles. The van der Waals surface area contributed by atoms with E-state index in [1.807, 2.05) is 28.8 Å². The average Bonchev–Trinajstić information content (AvgIpc) is 3.07. The summed E-state index contributed by atoms with van der Waals surface area (Å²) in [6, 6.07) is 10.2. The maximum Gasteiger partial charge on any atom is 0.316 e. The number of aromatic nitrogens is 4. The molecular formula is C19H21N5O2. The Balaban J connectivity index is 1.27. The molecule has 0 atom stereocenters. The van der Waals surface area contributed by atoms with E-state index < -0.39 is 0 Å². The minimum atomic E-state index is 0.0175. The molecule has 1 N–H and O–H groups in total. The Bertz CT molecular complexity index is 872. The van der Waals surface area contributed by atoms with E-state index in [0.717, 1.165) is 36.7 Å². The zero-order valence-corrected chi connectivity index (χ0v) is 14.4. The molecule has 0 aliphatic heterocycles. The van der Waals surface area contributed by atoms with Crippen LogP contribution in [0, 0.1) is 0 Å². The normalized spacial score (nSPS) is 20.0. The van der Waals surface area contributed by atoms with Crippen molar-refractivity contribution in [3.05, 3.63) is 49.1 Å². The second-order valence-electron chi connectivity index (χ2n) is 6.55. The van der Waals surface area contributed by atoms with Crippen molar-refractivity contribution in [1.29, 1.82) is 0 Å². The Kier molecular flexibility index (Phi) is 4.77.